The number of imidazole rings is 1. The third kappa shape index (κ3) is 3.60. The molecule has 1 fully saturated rings. The molecule has 0 radical (unpaired) electrons. The molecule has 1 aliphatic heterocycles. The number of piperidine rings is 1. The van der Waals surface area contributed by atoms with Gasteiger partial charge in [-0.15, -0.1) is 0 Å². The number of likely N-dealkylation sites (tertiary alicyclic amines) is 1. The fourth-order valence-electron chi connectivity index (χ4n) is 4.04. The Morgan fingerprint density at radius 2 is 1.93 bits per heavy atom. The molecule has 0 atom stereocenters. The summed E-state index contributed by atoms with van der Waals surface area (Å²) in [6.45, 7) is 4.67. The zero-order chi connectivity index (χ0) is 18.9. The minimum atomic E-state index is -0.0293. The van der Waals surface area contributed by atoms with Gasteiger partial charge >= 0.3 is 0 Å². The number of aromatic nitrogens is 2. The summed E-state index contributed by atoms with van der Waals surface area (Å²) in [4.78, 5) is 22.8. The van der Waals surface area contributed by atoms with Crippen LogP contribution in [0.2, 0.25) is 0 Å². The Hall–Kier alpha value is -2.66. The van der Waals surface area contributed by atoms with Crippen molar-refractivity contribution >= 4 is 16.9 Å². The molecular weight excluding hydrogens is 336 g/mol. The Morgan fingerprint density at radius 3 is 2.67 bits per heavy atom. The lowest BCUT2D eigenvalue weighted by Gasteiger charge is -2.41. The number of nitrogens with one attached hydrogen (secondary N) is 2. The molecule has 5 heteroatoms. The van der Waals surface area contributed by atoms with Crippen molar-refractivity contribution in [2.45, 2.75) is 25.2 Å². The van der Waals surface area contributed by atoms with Crippen molar-refractivity contribution < 1.29 is 4.79 Å². The standard InChI is InChI=1S/C22H26N4O/c1-16-24-19-9-8-17(14-20(19)25-16)21(27)23-15-22(10-12-26(2)13-11-22)18-6-4-3-5-7-18/h3-9,14H,10-13,15H2,1-2H3,(H,23,27)(H,24,25). The number of aryl methyl sites for hydroxylation is 1. The fraction of sp³-hybridized carbons (Fsp3) is 0.364. The molecule has 0 unspecified atom stereocenters. The number of amides is 1. The van der Waals surface area contributed by atoms with Crippen LogP contribution in [-0.2, 0) is 5.41 Å². The molecule has 5 nitrogen and oxygen atoms in total. The second-order valence-corrected chi connectivity index (χ2v) is 7.69. The average Bonchev–Trinajstić information content (AvgIpc) is 3.07. The van der Waals surface area contributed by atoms with Gasteiger partial charge in [-0.1, -0.05) is 30.3 Å². The van der Waals surface area contributed by atoms with Crippen LogP contribution in [0.15, 0.2) is 48.5 Å². The number of rotatable bonds is 4. The van der Waals surface area contributed by atoms with Crippen LogP contribution < -0.4 is 5.32 Å². The summed E-state index contributed by atoms with van der Waals surface area (Å²) >= 11 is 0. The molecule has 3 aromatic rings. The number of H-pyrrole nitrogens is 1. The smallest absolute Gasteiger partial charge is 0.251 e. The lowest BCUT2D eigenvalue weighted by molar-refractivity contribution is 0.0928. The fourth-order valence-corrected chi connectivity index (χ4v) is 4.04. The first-order chi connectivity index (χ1) is 13.1. The molecule has 0 aliphatic carbocycles. The highest BCUT2D eigenvalue weighted by molar-refractivity contribution is 5.97. The number of hydrogen-bond acceptors (Lipinski definition) is 3. The van der Waals surface area contributed by atoms with Crippen LogP contribution in [0.25, 0.3) is 11.0 Å². The van der Waals surface area contributed by atoms with Gasteiger partial charge in [-0.3, -0.25) is 4.79 Å². The van der Waals surface area contributed by atoms with Crippen LogP contribution in [0.1, 0.15) is 34.6 Å². The zero-order valence-electron chi connectivity index (χ0n) is 16.0. The molecule has 1 aromatic heterocycles. The van der Waals surface area contributed by atoms with Crippen molar-refractivity contribution in [2.24, 2.45) is 0 Å². The van der Waals surface area contributed by atoms with Crippen LogP contribution >= 0.6 is 0 Å². The van der Waals surface area contributed by atoms with Gasteiger partial charge in [0.1, 0.15) is 5.82 Å². The Morgan fingerprint density at radius 1 is 1.19 bits per heavy atom. The second-order valence-electron chi connectivity index (χ2n) is 7.69. The molecule has 0 spiro atoms. The van der Waals surface area contributed by atoms with E-state index in [1.165, 1.54) is 5.56 Å². The van der Waals surface area contributed by atoms with Crippen molar-refractivity contribution in [3.8, 4) is 0 Å². The molecule has 0 saturated carbocycles. The van der Waals surface area contributed by atoms with Gasteiger partial charge in [0.15, 0.2) is 0 Å². The molecule has 2 heterocycles. The number of aromatic amines is 1. The molecule has 2 N–H and O–H groups in total. The van der Waals surface area contributed by atoms with E-state index in [1.807, 2.05) is 31.2 Å². The van der Waals surface area contributed by atoms with Crippen molar-refractivity contribution in [3.05, 3.63) is 65.5 Å². The van der Waals surface area contributed by atoms with E-state index < -0.39 is 0 Å². The number of fused-ring (bicyclic) bond motifs is 1. The van der Waals surface area contributed by atoms with Gasteiger partial charge in [0, 0.05) is 17.5 Å². The van der Waals surface area contributed by atoms with Crippen molar-refractivity contribution in [1.82, 2.24) is 20.2 Å². The van der Waals surface area contributed by atoms with Crippen LogP contribution in [0, 0.1) is 6.92 Å². The average molecular weight is 362 g/mol. The molecule has 1 saturated heterocycles. The third-order valence-corrected chi connectivity index (χ3v) is 5.78. The predicted molar refractivity (Wildman–Crippen MR) is 108 cm³/mol. The summed E-state index contributed by atoms with van der Waals surface area (Å²) in [5, 5.41) is 3.20. The van der Waals surface area contributed by atoms with Crippen molar-refractivity contribution in [3.63, 3.8) is 0 Å². The quantitative estimate of drug-likeness (QED) is 0.749. The maximum absolute atomic E-state index is 12.8. The highest BCUT2D eigenvalue weighted by Crippen LogP contribution is 2.34. The predicted octanol–water partition coefficient (Wildman–Crippen LogP) is 3.26. The Kier molecular flexibility index (Phi) is 4.70. The summed E-state index contributed by atoms with van der Waals surface area (Å²) in [6, 6.07) is 16.2. The largest absolute Gasteiger partial charge is 0.351 e. The lowest BCUT2D eigenvalue weighted by Crippen LogP contribution is -2.48. The van der Waals surface area contributed by atoms with Gasteiger partial charge < -0.3 is 15.2 Å². The number of hydrogen-bond donors (Lipinski definition) is 2. The summed E-state index contributed by atoms with van der Waals surface area (Å²) in [5.41, 5.74) is 3.77. The van der Waals surface area contributed by atoms with Crippen LogP contribution in [0.3, 0.4) is 0 Å². The summed E-state index contributed by atoms with van der Waals surface area (Å²) in [7, 11) is 2.16. The summed E-state index contributed by atoms with van der Waals surface area (Å²) in [6.07, 6.45) is 2.10. The summed E-state index contributed by atoms with van der Waals surface area (Å²) < 4.78 is 0. The van der Waals surface area contributed by atoms with Crippen molar-refractivity contribution in [1.29, 1.82) is 0 Å². The minimum Gasteiger partial charge on any atom is -0.351 e. The first-order valence-corrected chi connectivity index (χ1v) is 9.54. The monoisotopic (exact) mass is 362 g/mol. The number of nitrogens with zero attached hydrogens (tertiary/aromatic N) is 2. The van der Waals surface area contributed by atoms with Crippen LogP contribution in [0.4, 0.5) is 0 Å². The van der Waals surface area contributed by atoms with E-state index in [1.54, 1.807) is 0 Å². The van der Waals surface area contributed by atoms with E-state index in [4.69, 9.17) is 0 Å². The zero-order valence-corrected chi connectivity index (χ0v) is 16.0. The normalized spacial score (nSPS) is 17.1. The van der Waals surface area contributed by atoms with Gasteiger partial charge in [-0.2, -0.15) is 0 Å². The number of carbonyl (C=O) groups excluding carboxylic acids is 1. The van der Waals surface area contributed by atoms with Gasteiger partial charge in [0.25, 0.3) is 5.91 Å². The van der Waals surface area contributed by atoms with Crippen molar-refractivity contribution in [2.75, 3.05) is 26.7 Å². The van der Waals surface area contributed by atoms with E-state index in [-0.39, 0.29) is 11.3 Å². The molecule has 140 valence electrons. The maximum Gasteiger partial charge on any atom is 0.251 e. The highest BCUT2D eigenvalue weighted by atomic mass is 16.1. The highest BCUT2D eigenvalue weighted by Gasteiger charge is 2.35. The topological polar surface area (TPSA) is 61.0 Å². The number of carbonyl (C=O) groups is 1. The van der Waals surface area contributed by atoms with E-state index in [0.717, 1.165) is 42.8 Å². The SMILES string of the molecule is Cc1nc2ccc(C(=O)NCC3(c4ccccc4)CCN(C)CC3)cc2[nH]1. The first-order valence-electron chi connectivity index (χ1n) is 9.54. The number of benzene rings is 2. The van der Waals surface area contributed by atoms with E-state index in [9.17, 15) is 4.79 Å². The van der Waals surface area contributed by atoms with Crippen LogP contribution in [-0.4, -0.2) is 47.5 Å². The summed E-state index contributed by atoms with van der Waals surface area (Å²) in [5.74, 6) is 0.829. The lowest BCUT2D eigenvalue weighted by atomic mass is 9.72. The van der Waals surface area contributed by atoms with Gasteiger partial charge in [0.2, 0.25) is 0 Å². The van der Waals surface area contributed by atoms with Gasteiger partial charge in [0.05, 0.1) is 11.0 Å². The Bertz CT molecular complexity index is 939. The van der Waals surface area contributed by atoms with E-state index in [0.29, 0.717) is 12.1 Å². The van der Waals surface area contributed by atoms with Gasteiger partial charge in [-0.05, 0) is 63.7 Å². The third-order valence-electron chi connectivity index (χ3n) is 5.78. The molecule has 1 amide bonds. The Balaban J connectivity index is 1.53. The molecule has 1 aliphatic rings. The first kappa shape index (κ1) is 17.7. The maximum atomic E-state index is 12.8. The van der Waals surface area contributed by atoms with E-state index >= 15 is 0 Å². The van der Waals surface area contributed by atoms with E-state index in [2.05, 4.69) is 51.5 Å². The molecule has 2 aromatic carbocycles. The van der Waals surface area contributed by atoms with Crippen LogP contribution in [0.5, 0.6) is 0 Å². The second kappa shape index (κ2) is 7.16. The Labute approximate surface area is 159 Å². The molecular formula is C22H26N4O. The minimum absolute atomic E-state index is 0.00188. The molecule has 4 rings (SSSR count). The molecule has 0 bridgehead atoms. The van der Waals surface area contributed by atoms with Gasteiger partial charge in [-0.25, -0.2) is 4.98 Å². The molecule has 27 heavy (non-hydrogen) atoms.